The third kappa shape index (κ3) is 3.38. The van der Waals surface area contributed by atoms with Gasteiger partial charge in [-0.1, -0.05) is 40.9 Å². The number of thiophene rings is 2. The standard InChI is InChI=1S/C24H23O2PS2/c1-25-21-14-12-19(28-21)23-17-10-6-7-11-18(17)24(20-13-15-22(26-2)29-20)27(23)16-8-4-3-5-9-16/h3-5,8-9,12-15H,6-7,10-11H2,1-2H3/p+1. The second kappa shape index (κ2) is 8.10. The topological polar surface area (TPSA) is 18.5 Å². The number of benzene rings is 1. The summed E-state index contributed by atoms with van der Waals surface area (Å²) in [6, 6.07) is 19.9. The van der Waals surface area contributed by atoms with Crippen molar-refractivity contribution in [2.24, 2.45) is 0 Å². The molecule has 3 aromatic rings. The molecule has 2 aliphatic rings. The van der Waals surface area contributed by atoms with Crippen LogP contribution in [0, 0.1) is 0 Å². The van der Waals surface area contributed by atoms with Crippen molar-refractivity contribution < 1.29 is 9.47 Å². The SMILES string of the molecule is COc1ccc(C2=C3CCCCC3=C(c3ccc(OC)s3)[PH+]2c2ccccc2)s1. The van der Waals surface area contributed by atoms with Gasteiger partial charge in [-0.15, -0.1) is 0 Å². The Morgan fingerprint density at radius 2 is 1.21 bits per heavy atom. The highest BCUT2D eigenvalue weighted by atomic mass is 32.1. The molecule has 0 saturated heterocycles. The van der Waals surface area contributed by atoms with Crippen molar-refractivity contribution in [2.45, 2.75) is 25.7 Å². The van der Waals surface area contributed by atoms with E-state index in [0.717, 1.165) is 10.1 Å². The predicted molar refractivity (Wildman–Crippen MR) is 128 cm³/mol. The molecular weight excluding hydrogens is 415 g/mol. The lowest BCUT2D eigenvalue weighted by Crippen LogP contribution is -2.00. The molecule has 1 fully saturated rings. The van der Waals surface area contributed by atoms with Crippen LogP contribution in [0.2, 0.25) is 0 Å². The van der Waals surface area contributed by atoms with Crippen LogP contribution in [0.15, 0.2) is 65.7 Å². The van der Waals surface area contributed by atoms with Gasteiger partial charge in [0.05, 0.1) is 24.0 Å². The zero-order valence-corrected chi connectivity index (χ0v) is 19.3. The minimum Gasteiger partial charge on any atom is -0.487 e. The van der Waals surface area contributed by atoms with E-state index in [4.69, 9.17) is 9.47 Å². The molecule has 1 aliphatic heterocycles. The molecule has 0 unspecified atom stereocenters. The highest BCUT2D eigenvalue weighted by Gasteiger charge is 2.45. The average molecular weight is 440 g/mol. The lowest BCUT2D eigenvalue weighted by atomic mass is 9.88. The highest BCUT2D eigenvalue weighted by molar-refractivity contribution is 7.85. The lowest BCUT2D eigenvalue weighted by molar-refractivity contribution is 0.427. The van der Waals surface area contributed by atoms with Crippen molar-refractivity contribution in [1.82, 2.24) is 0 Å². The Hall–Kier alpha value is -1.87. The molecule has 5 rings (SSSR count). The lowest BCUT2D eigenvalue weighted by Gasteiger charge is -2.14. The number of hydrogen-bond donors (Lipinski definition) is 0. The van der Waals surface area contributed by atoms with E-state index >= 15 is 0 Å². The van der Waals surface area contributed by atoms with Gasteiger partial charge in [-0.05, 0) is 62.1 Å². The maximum atomic E-state index is 5.54. The average Bonchev–Trinajstić information content (AvgIpc) is 3.50. The van der Waals surface area contributed by atoms with E-state index in [1.54, 1.807) is 58.7 Å². The first kappa shape index (κ1) is 19.1. The normalized spacial score (nSPS) is 17.0. The van der Waals surface area contributed by atoms with E-state index < -0.39 is 7.92 Å². The first-order valence-electron chi connectivity index (χ1n) is 9.98. The smallest absolute Gasteiger partial charge is 0.174 e. The summed E-state index contributed by atoms with van der Waals surface area (Å²) in [5.74, 6) is 0. The van der Waals surface area contributed by atoms with Crippen LogP contribution in [0.25, 0.3) is 10.6 Å². The van der Waals surface area contributed by atoms with Crippen molar-refractivity contribution in [3.63, 3.8) is 0 Å². The van der Waals surface area contributed by atoms with Crippen LogP contribution in [-0.4, -0.2) is 14.2 Å². The quantitative estimate of drug-likeness (QED) is 0.396. The monoisotopic (exact) mass is 439 g/mol. The molecule has 1 aromatic carbocycles. The molecule has 5 heteroatoms. The van der Waals surface area contributed by atoms with Gasteiger partial charge in [0.25, 0.3) is 0 Å². The van der Waals surface area contributed by atoms with E-state index in [0.29, 0.717) is 0 Å². The predicted octanol–water partition coefficient (Wildman–Crippen LogP) is 7.08. The van der Waals surface area contributed by atoms with E-state index in [2.05, 4.69) is 54.6 Å². The summed E-state index contributed by atoms with van der Waals surface area (Å²) in [4.78, 5) is 2.76. The molecule has 0 amide bonds. The number of rotatable bonds is 5. The molecule has 3 heterocycles. The van der Waals surface area contributed by atoms with Crippen molar-refractivity contribution >= 4 is 46.5 Å². The molecule has 0 spiro atoms. The summed E-state index contributed by atoms with van der Waals surface area (Å²) < 4.78 is 11.1. The van der Waals surface area contributed by atoms with E-state index in [1.165, 1.54) is 40.7 Å². The molecule has 1 aliphatic carbocycles. The minimum atomic E-state index is -1.07. The Bertz CT molecular complexity index is 1020. The molecule has 2 aromatic heterocycles. The summed E-state index contributed by atoms with van der Waals surface area (Å²) in [7, 11) is 2.45. The van der Waals surface area contributed by atoms with Gasteiger partial charge >= 0.3 is 0 Å². The van der Waals surface area contributed by atoms with E-state index in [9.17, 15) is 0 Å². The fraction of sp³-hybridized carbons (Fsp3) is 0.250. The van der Waals surface area contributed by atoms with Gasteiger partial charge in [0.15, 0.2) is 10.1 Å². The Labute approximate surface area is 181 Å². The Morgan fingerprint density at radius 1 is 0.690 bits per heavy atom. The number of ether oxygens (including phenoxy) is 2. The van der Waals surface area contributed by atoms with Crippen molar-refractivity contribution in [3.8, 4) is 10.1 Å². The van der Waals surface area contributed by atoms with Crippen LogP contribution in [0.5, 0.6) is 10.1 Å². The summed E-state index contributed by atoms with van der Waals surface area (Å²) in [5.41, 5.74) is 3.22. The zero-order valence-electron chi connectivity index (χ0n) is 16.7. The Balaban J connectivity index is 1.73. The van der Waals surface area contributed by atoms with Crippen molar-refractivity contribution in [3.05, 3.63) is 75.5 Å². The maximum Gasteiger partial charge on any atom is 0.174 e. The summed E-state index contributed by atoms with van der Waals surface area (Å²) in [5, 5.41) is 6.63. The van der Waals surface area contributed by atoms with Crippen molar-refractivity contribution in [2.75, 3.05) is 14.2 Å². The molecule has 0 atom stereocenters. The fourth-order valence-corrected chi connectivity index (χ4v) is 10.1. The summed E-state index contributed by atoms with van der Waals surface area (Å²) in [6.45, 7) is 0. The molecule has 0 N–H and O–H groups in total. The first-order valence-corrected chi connectivity index (χ1v) is 13.1. The summed E-state index contributed by atoms with van der Waals surface area (Å²) in [6.07, 6.45) is 4.96. The third-order valence-electron chi connectivity index (χ3n) is 5.69. The van der Waals surface area contributed by atoms with E-state index in [-0.39, 0.29) is 0 Å². The fourth-order valence-electron chi connectivity index (χ4n) is 4.45. The van der Waals surface area contributed by atoms with Crippen LogP contribution < -0.4 is 14.8 Å². The molecule has 0 radical (unpaired) electrons. The first-order chi connectivity index (χ1) is 14.3. The van der Waals surface area contributed by atoms with Crippen LogP contribution in [-0.2, 0) is 0 Å². The number of fused-ring (bicyclic) bond motifs is 1. The van der Waals surface area contributed by atoms with Gasteiger partial charge in [-0.25, -0.2) is 0 Å². The zero-order chi connectivity index (χ0) is 19.8. The van der Waals surface area contributed by atoms with Gasteiger partial charge in [0, 0.05) is 11.1 Å². The molecule has 0 bridgehead atoms. The van der Waals surface area contributed by atoms with Crippen LogP contribution >= 0.6 is 30.6 Å². The van der Waals surface area contributed by atoms with Gasteiger partial charge in [-0.3, -0.25) is 0 Å². The second-order valence-electron chi connectivity index (χ2n) is 7.30. The highest BCUT2D eigenvalue weighted by Crippen LogP contribution is 2.71. The molecular formula is C24H24O2PS2+. The van der Waals surface area contributed by atoms with Crippen molar-refractivity contribution in [1.29, 1.82) is 0 Å². The Kier molecular flexibility index (Phi) is 5.34. The largest absolute Gasteiger partial charge is 0.487 e. The number of allylic oxidation sites excluding steroid dienone is 2. The van der Waals surface area contributed by atoms with Gasteiger partial charge in [0.1, 0.15) is 23.9 Å². The number of methoxy groups -OCH3 is 2. The molecule has 2 nitrogen and oxygen atoms in total. The van der Waals surface area contributed by atoms with Gasteiger partial charge in [0.2, 0.25) is 0 Å². The van der Waals surface area contributed by atoms with Crippen LogP contribution in [0.1, 0.15) is 35.4 Å². The summed E-state index contributed by atoms with van der Waals surface area (Å²) >= 11 is 3.58. The van der Waals surface area contributed by atoms with Crippen LogP contribution in [0.4, 0.5) is 0 Å². The Morgan fingerprint density at radius 3 is 1.66 bits per heavy atom. The second-order valence-corrected chi connectivity index (χ2v) is 11.7. The van der Waals surface area contributed by atoms with Crippen LogP contribution in [0.3, 0.4) is 0 Å². The van der Waals surface area contributed by atoms with E-state index in [1.807, 2.05) is 0 Å². The molecule has 1 saturated carbocycles. The van der Waals surface area contributed by atoms with Gasteiger partial charge < -0.3 is 9.47 Å². The maximum absolute atomic E-state index is 5.54. The van der Waals surface area contributed by atoms with Gasteiger partial charge in [-0.2, -0.15) is 0 Å². The third-order valence-corrected chi connectivity index (χ3v) is 11.2. The number of hydrogen-bond acceptors (Lipinski definition) is 4. The molecule has 29 heavy (non-hydrogen) atoms. The molecule has 148 valence electrons. The minimum absolute atomic E-state index is 0.992.